The fraction of sp³-hybridized carbons (Fsp3) is 0.462. The van der Waals surface area contributed by atoms with Gasteiger partial charge < -0.3 is 5.32 Å². The number of aryl methyl sites for hydroxylation is 3. The van der Waals surface area contributed by atoms with Gasteiger partial charge in [-0.2, -0.15) is 5.10 Å². The minimum atomic E-state index is 0.887. The Morgan fingerprint density at radius 1 is 1.29 bits per heavy atom. The van der Waals surface area contributed by atoms with E-state index < -0.39 is 0 Å². The summed E-state index contributed by atoms with van der Waals surface area (Å²) in [5.74, 6) is 0. The molecule has 0 saturated carbocycles. The summed E-state index contributed by atoms with van der Waals surface area (Å²) in [5.41, 5.74) is 3.42. The van der Waals surface area contributed by atoms with Crippen molar-refractivity contribution in [2.75, 3.05) is 5.32 Å². The highest BCUT2D eigenvalue weighted by molar-refractivity contribution is 7.12. The van der Waals surface area contributed by atoms with Crippen LogP contribution in [0.2, 0.25) is 0 Å². The maximum absolute atomic E-state index is 4.40. The molecule has 3 nitrogen and oxygen atoms in total. The quantitative estimate of drug-likeness (QED) is 0.901. The summed E-state index contributed by atoms with van der Waals surface area (Å²) in [5, 5.41) is 7.88. The highest BCUT2D eigenvalue weighted by Crippen LogP contribution is 2.22. The van der Waals surface area contributed by atoms with Gasteiger partial charge in [0.25, 0.3) is 0 Å². The van der Waals surface area contributed by atoms with Crippen LogP contribution in [0.5, 0.6) is 0 Å². The maximum Gasteiger partial charge on any atom is 0.0827 e. The molecule has 0 amide bonds. The van der Waals surface area contributed by atoms with E-state index in [1.54, 1.807) is 0 Å². The summed E-state index contributed by atoms with van der Waals surface area (Å²) in [6.07, 6.45) is 1.12. The van der Waals surface area contributed by atoms with Gasteiger partial charge >= 0.3 is 0 Å². The lowest BCUT2D eigenvalue weighted by atomic mass is 10.3. The molecule has 0 unspecified atom stereocenters. The maximum atomic E-state index is 4.40. The first kappa shape index (κ1) is 12.2. The molecule has 17 heavy (non-hydrogen) atoms. The third-order valence-corrected chi connectivity index (χ3v) is 4.24. The molecule has 92 valence electrons. The molecule has 2 aromatic rings. The molecule has 0 aliphatic rings. The van der Waals surface area contributed by atoms with Gasteiger partial charge in [-0.25, -0.2) is 0 Å². The van der Waals surface area contributed by atoms with Crippen LogP contribution in [0.3, 0.4) is 0 Å². The SMILES string of the molecule is CCc1ccc(CNc2c(C)nn(C)c2C)s1. The van der Waals surface area contributed by atoms with Gasteiger partial charge in [0.1, 0.15) is 0 Å². The zero-order chi connectivity index (χ0) is 12.4. The Labute approximate surface area is 106 Å². The van der Waals surface area contributed by atoms with Crippen LogP contribution in [0.1, 0.15) is 28.1 Å². The number of nitrogens with zero attached hydrogens (tertiary/aromatic N) is 2. The zero-order valence-corrected chi connectivity index (χ0v) is 11.7. The van der Waals surface area contributed by atoms with Crippen molar-refractivity contribution in [1.29, 1.82) is 0 Å². The van der Waals surface area contributed by atoms with Gasteiger partial charge in [-0.15, -0.1) is 11.3 Å². The molecule has 2 heterocycles. The summed E-state index contributed by atoms with van der Waals surface area (Å²) < 4.78 is 1.92. The molecular weight excluding hydrogens is 230 g/mol. The normalized spacial score (nSPS) is 10.8. The molecule has 1 N–H and O–H groups in total. The summed E-state index contributed by atoms with van der Waals surface area (Å²) in [6.45, 7) is 7.21. The van der Waals surface area contributed by atoms with Gasteiger partial charge in [0, 0.05) is 23.3 Å². The molecule has 0 atom stereocenters. The van der Waals surface area contributed by atoms with Crippen molar-refractivity contribution in [2.45, 2.75) is 33.7 Å². The largest absolute Gasteiger partial charge is 0.377 e. The first-order valence-electron chi connectivity index (χ1n) is 5.93. The molecule has 0 radical (unpaired) electrons. The third kappa shape index (κ3) is 2.52. The smallest absolute Gasteiger partial charge is 0.0827 e. The van der Waals surface area contributed by atoms with Crippen LogP contribution in [0.15, 0.2) is 12.1 Å². The topological polar surface area (TPSA) is 29.9 Å². The fourth-order valence-electron chi connectivity index (χ4n) is 1.91. The van der Waals surface area contributed by atoms with Crippen LogP contribution < -0.4 is 5.32 Å². The van der Waals surface area contributed by atoms with Crippen LogP contribution in [0.25, 0.3) is 0 Å². The van der Waals surface area contributed by atoms with Crippen LogP contribution in [0.4, 0.5) is 5.69 Å². The molecule has 0 aromatic carbocycles. The van der Waals surface area contributed by atoms with Gasteiger partial charge in [-0.3, -0.25) is 4.68 Å². The van der Waals surface area contributed by atoms with Crippen LogP contribution in [-0.2, 0) is 20.0 Å². The second-order valence-electron chi connectivity index (χ2n) is 4.24. The zero-order valence-electron chi connectivity index (χ0n) is 10.9. The Morgan fingerprint density at radius 2 is 2.00 bits per heavy atom. The van der Waals surface area contributed by atoms with E-state index in [1.165, 1.54) is 21.1 Å². The van der Waals surface area contributed by atoms with E-state index in [9.17, 15) is 0 Å². The first-order chi connectivity index (χ1) is 8.11. The Bertz CT molecular complexity index is 511. The van der Waals surface area contributed by atoms with Gasteiger partial charge in [0.2, 0.25) is 0 Å². The van der Waals surface area contributed by atoms with Crippen molar-refractivity contribution in [3.63, 3.8) is 0 Å². The first-order valence-corrected chi connectivity index (χ1v) is 6.75. The van der Waals surface area contributed by atoms with Crippen molar-refractivity contribution in [3.05, 3.63) is 33.3 Å². The summed E-state index contributed by atoms with van der Waals surface area (Å²) in [7, 11) is 1.98. The summed E-state index contributed by atoms with van der Waals surface area (Å²) >= 11 is 1.88. The predicted molar refractivity (Wildman–Crippen MR) is 73.7 cm³/mol. The molecule has 0 aliphatic heterocycles. The number of hydrogen-bond acceptors (Lipinski definition) is 3. The molecule has 2 rings (SSSR count). The van der Waals surface area contributed by atoms with E-state index in [-0.39, 0.29) is 0 Å². The second-order valence-corrected chi connectivity index (χ2v) is 5.50. The lowest BCUT2D eigenvalue weighted by Crippen LogP contribution is -2.00. The van der Waals surface area contributed by atoms with E-state index >= 15 is 0 Å². The number of nitrogens with one attached hydrogen (secondary N) is 1. The highest BCUT2D eigenvalue weighted by atomic mass is 32.1. The van der Waals surface area contributed by atoms with E-state index in [0.29, 0.717) is 0 Å². The number of thiophene rings is 1. The molecule has 0 spiro atoms. The fourth-order valence-corrected chi connectivity index (χ4v) is 2.81. The minimum absolute atomic E-state index is 0.887. The number of rotatable bonds is 4. The van der Waals surface area contributed by atoms with Gasteiger partial charge in [0.15, 0.2) is 0 Å². The Kier molecular flexibility index (Phi) is 3.52. The van der Waals surface area contributed by atoms with Gasteiger partial charge in [-0.1, -0.05) is 6.92 Å². The average molecular weight is 249 g/mol. The Morgan fingerprint density at radius 3 is 2.53 bits per heavy atom. The van der Waals surface area contributed by atoms with E-state index in [0.717, 1.165) is 18.7 Å². The number of anilines is 1. The average Bonchev–Trinajstić information content (AvgIpc) is 2.84. The van der Waals surface area contributed by atoms with Crippen molar-refractivity contribution >= 4 is 17.0 Å². The van der Waals surface area contributed by atoms with Crippen molar-refractivity contribution in [2.24, 2.45) is 7.05 Å². The van der Waals surface area contributed by atoms with Gasteiger partial charge in [0.05, 0.1) is 17.1 Å². The molecule has 4 heteroatoms. The van der Waals surface area contributed by atoms with E-state index in [1.807, 2.05) is 30.0 Å². The second kappa shape index (κ2) is 4.92. The van der Waals surface area contributed by atoms with Crippen LogP contribution in [0, 0.1) is 13.8 Å². The van der Waals surface area contributed by atoms with E-state index in [2.05, 4.69) is 36.4 Å². The molecule has 0 fully saturated rings. The van der Waals surface area contributed by atoms with Gasteiger partial charge in [-0.05, 0) is 32.4 Å². The predicted octanol–water partition coefficient (Wildman–Crippen LogP) is 3.27. The number of aromatic nitrogens is 2. The molecular formula is C13H19N3S. The summed E-state index contributed by atoms with van der Waals surface area (Å²) in [6, 6.07) is 4.42. The third-order valence-electron chi connectivity index (χ3n) is 3.01. The monoisotopic (exact) mass is 249 g/mol. The van der Waals surface area contributed by atoms with Crippen molar-refractivity contribution in [3.8, 4) is 0 Å². The Balaban J connectivity index is 2.07. The van der Waals surface area contributed by atoms with Crippen LogP contribution in [-0.4, -0.2) is 9.78 Å². The lowest BCUT2D eigenvalue weighted by molar-refractivity contribution is 0.731. The standard InChI is InChI=1S/C13H19N3S/c1-5-11-6-7-12(17-11)8-14-13-9(2)15-16(4)10(13)3/h6-7,14H,5,8H2,1-4H3. The van der Waals surface area contributed by atoms with Crippen molar-refractivity contribution < 1.29 is 0 Å². The molecule has 0 bridgehead atoms. The Hall–Kier alpha value is -1.29. The molecule has 0 saturated heterocycles. The minimum Gasteiger partial charge on any atom is -0.377 e. The molecule has 2 aromatic heterocycles. The lowest BCUT2D eigenvalue weighted by Gasteiger charge is -2.04. The van der Waals surface area contributed by atoms with E-state index in [4.69, 9.17) is 0 Å². The van der Waals surface area contributed by atoms with Crippen molar-refractivity contribution in [1.82, 2.24) is 9.78 Å². The number of hydrogen-bond donors (Lipinski definition) is 1. The van der Waals surface area contributed by atoms with Crippen LogP contribution >= 0.6 is 11.3 Å². The summed E-state index contributed by atoms with van der Waals surface area (Å²) in [4.78, 5) is 2.82. The molecule has 0 aliphatic carbocycles. The highest BCUT2D eigenvalue weighted by Gasteiger charge is 2.08.